The van der Waals surface area contributed by atoms with Gasteiger partial charge in [0.2, 0.25) is 5.91 Å². The number of nitrogens with zero attached hydrogens (tertiary/aromatic N) is 1. The smallest absolute Gasteiger partial charge is 0.268 e. The van der Waals surface area contributed by atoms with Crippen molar-refractivity contribution in [1.82, 2.24) is 5.32 Å². The molecule has 91 heavy (non-hydrogen) atoms. The topological polar surface area (TPSA) is 108 Å². The van der Waals surface area contributed by atoms with Crippen LogP contribution >= 0.6 is 7.82 Å². The highest BCUT2D eigenvalue weighted by Gasteiger charge is 2.23. The maximum Gasteiger partial charge on any atom is 0.268 e. The van der Waals surface area contributed by atoms with E-state index in [0.29, 0.717) is 17.4 Å². The summed E-state index contributed by atoms with van der Waals surface area (Å²) in [6.45, 7) is 4.57. The first-order valence-corrected chi connectivity index (χ1v) is 40.2. The summed E-state index contributed by atoms with van der Waals surface area (Å²) in [7, 11) is 1.27. The Morgan fingerprint density at radius 1 is 0.396 bits per heavy atom. The van der Waals surface area contributed by atoms with Gasteiger partial charge in [-0.2, -0.15) is 0 Å². The van der Waals surface area contributed by atoms with Gasteiger partial charge >= 0.3 is 0 Å². The molecule has 0 aliphatic heterocycles. The Morgan fingerprint density at radius 2 is 0.670 bits per heavy atom. The predicted molar refractivity (Wildman–Crippen MR) is 399 cm³/mol. The Balaban J connectivity index is 4.01. The lowest BCUT2D eigenvalue weighted by molar-refractivity contribution is -0.870. The molecule has 0 bridgehead atoms. The molecular weight excluding hydrogens is 1140 g/mol. The number of quaternary nitrogens is 1. The van der Waals surface area contributed by atoms with Crippen LogP contribution in [0.15, 0.2) is 109 Å². The summed E-state index contributed by atoms with van der Waals surface area (Å²) in [6.07, 6.45) is 105. The number of phosphoric acid groups is 1. The van der Waals surface area contributed by atoms with Crippen molar-refractivity contribution in [2.75, 3.05) is 40.9 Å². The number of likely N-dealkylation sites (N-methyl/N-ethyl adjacent to an activating group) is 1. The summed E-state index contributed by atoms with van der Waals surface area (Å²) in [5.41, 5.74) is 0. The number of carbonyl (C=O) groups excluding carboxylic acids is 1. The fourth-order valence-corrected chi connectivity index (χ4v) is 12.0. The molecule has 0 saturated carbocycles. The predicted octanol–water partition coefficient (Wildman–Crippen LogP) is 24.8. The van der Waals surface area contributed by atoms with Crippen LogP contribution in [0.3, 0.4) is 0 Å². The van der Waals surface area contributed by atoms with Crippen molar-refractivity contribution < 1.29 is 32.9 Å². The number of phosphoric ester groups is 1. The number of hydrogen-bond acceptors (Lipinski definition) is 6. The largest absolute Gasteiger partial charge is 0.756 e. The van der Waals surface area contributed by atoms with E-state index in [2.05, 4.69) is 116 Å². The number of unbranched alkanes of at least 4 members (excludes halogenated alkanes) is 42. The molecule has 0 rings (SSSR count). The number of aliphatic hydroxyl groups excluding tert-OH is 1. The standard InChI is InChI=1S/C82H149N2O6P/c1-6-8-10-12-14-16-18-20-22-24-26-28-30-32-34-36-37-38-39-40-41-42-43-44-45-46-47-48-50-52-54-56-58-60-62-64-66-68-70-72-74-76-82(86)83-80(79-90-91(87,88)89-78-77-84(3,4)5)81(85)75-73-71-69-67-65-63-61-59-57-55-53-51-49-35-33-31-29-27-25-23-21-19-17-15-13-11-9-7-2/h8,10,14,16,20,22,26,28,32,34,37-38,40-41,43-44,73,75,80-81,85H,6-7,9,11-13,15,17-19,21,23-25,27,29-31,33,35-36,39,42,45-72,74,76-79H2,1-5H3,(H-,83,86,87,88)/b10-8-,16-14-,22-20-,28-26-,34-32-,38-37-,41-40-,44-43-,75-73+. The zero-order chi connectivity index (χ0) is 66.2. The first kappa shape index (κ1) is 88.2. The number of carbonyl (C=O) groups is 1. The Kier molecular flexibility index (Phi) is 69.2. The summed E-state index contributed by atoms with van der Waals surface area (Å²) < 4.78 is 23.5. The van der Waals surface area contributed by atoms with Gasteiger partial charge in [-0.25, -0.2) is 0 Å². The van der Waals surface area contributed by atoms with Crippen molar-refractivity contribution in [2.45, 2.75) is 366 Å². The number of nitrogens with one attached hydrogen (secondary N) is 1. The zero-order valence-corrected chi connectivity index (χ0v) is 61.4. The first-order chi connectivity index (χ1) is 44.5. The molecule has 0 aliphatic rings. The maximum absolute atomic E-state index is 13.1. The summed E-state index contributed by atoms with van der Waals surface area (Å²) in [4.78, 5) is 25.7. The van der Waals surface area contributed by atoms with Gasteiger partial charge in [0, 0.05) is 6.42 Å². The number of amides is 1. The van der Waals surface area contributed by atoms with Gasteiger partial charge in [0.1, 0.15) is 13.2 Å². The van der Waals surface area contributed by atoms with Gasteiger partial charge in [0.15, 0.2) is 0 Å². The van der Waals surface area contributed by atoms with Gasteiger partial charge in [-0.15, -0.1) is 0 Å². The average molecular weight is 1290 g/mol. The highest BCUT2D eigenvalue weighted by atomic mass is 31.2. The quantitative estimate of drug-likeness (QED) is 0.0272. The first-order valence-electron chi connectivity index (χ1n) is 38.7. The summed E-state index contributed by atoms with van der Waals surface area (Å²) in [6, 6.07) is -0.893. The van der Waals surface area contributed by atoms with E-state index >= 15 is 0 Å². The molecule has 0 aromatic carbocycles. The van der Waals surface area contributed by atoms with E-state index in [4.69, 9.17) is 9.05 Å². The lowest BCUT2D eigenvalue weighted by Crippen LogP contribution is -2.45. The number of aliphatic hydroxyl groups is 1. The molecule has 0 heterocycles. The number of rotatable bonds is 71. The minimum Gasteiger partial charge on any atom is -0.756 e. The van der Waals surface area contributed by atoms with Crippen LogP contribution in [-0.4, -0.2) is 68.5 Å². The molecule has 0 aromatic heterocycles. The monoisotopic (exact) mass is 1290 g/mol. The third-order valence-corrected chi connectivity index (χ3v) is 18.2. The van der Waals surface area contributed by atoms with Gasteiger partial charge in [-0.1, -0.05) is 374 Å². The lowest BCUT2D eigenvalue weighted by Gasteiger charge is -2.29. The Hall–Kier alpha value is -2.84. The molecule has 0 aromatic rings. The third kappa shape index (κ3) is 74.4. The van der Waals surface area contributed by atoms with E-state index in [1.54, 1.807) is 6.08 Å². The highest BCUT2D eigenvalue weighted by molar-refractivity contribution is 7.45. The van der Waals surface area contributed by atoms with Crippen molar-refractivity contribution in [3.63, 3.8) is 0 Å². The number of allylic oxidation sites excluding steroid dienone is 17. The van der Waals surface area contributed by atoms with Crippen molar-refractivity contribution in [3.05, 3.63) is 109 Å². The molecule has 0 aliphatic carbocycles. The second kappa shape index (κ2) is 71.5. The molecular formula is C82H149N2O6P. The van der Waals surface area contributed by atoms with Gasteiger partial charge in [-0.05, 0) is 83.5 Å². The van der Waals surface area contributed by atoms with Gasteiger partial charge in [0.25, 0.3) is 7.82 Å². The van der Waals surface area contributed by atoms with Crippen LogP contribution in [0.1, 0.15) is 354 Å². The fourth-order valence-electron chi connectivity index (χ4n) is 11.3. The van der Waals surface area contributed by atoms with Crippen LogP contribution < -0.4 is 10.2 Å². The second-order valence-electron chi connectivity index (χ2n) is 27.3. The maximum atomic E-state index is 13.1. The van der Waals surface area contributed by atoms with E-state index in [1.807, 2.05) is 27.2 Å². The summed E-state index contributed by atoms with van der Waals surface area (Å²) in [5.74, 6) is -0.195. The molecule has 9 heteroatoms. The SMILES string of the molecule is CC/C=C\C/C=C\C/C=C\C/C=C\C/C=C\C/C=C\C/C=C\C/C=C\CCCCCCCCCCCCCCCCCCC(=O)NC(COP(=O)([O-])OCC[N+](C)(C)C)C(O)/C=C/CCCCCCCCCCCCCCCCCCCCCCCCCCCC. The molecule has 528 valence electrons. The molecule has 3 atom stereocenters. The molecule has 0 saturated heterocycles. The van der Waals surface area contributed by atoms with Crippen molar-refractivity contribution >= 4 is 13.7 Å². The lowest BCUT2D eigenvalue weighted by atomic mass is 10.0. The summed E-state index contributed by atoms with van der Waals surface area (Å²) in [5, 5.41) is 14.0. The van der Waals surface area contributed by atoms with Gasteiger partial charge in [0.05, 0.1) is 39.9 Å². The van der Waals surface area contributed by atoms with E-state index in [1.165, 1.54) is 244 Å². The molecule has 1 amide bonds. The minimum atomic E-state index is -4.61. The van der Waals surface area contributed by atoms with Crippen molar-refractivity contribution in [3.8, 4) is 0 Å². The van der Waals surface area contributed by atoms with Crippen LogP contribution in [-0.2, 0) is 18.4 Å². The van der Waals surface area contributed by atoms with Crippen molar-refractivity contribution in [1.29, 1.82) is 0 Å². The normalized spacial score (nSPS) is 14.1. The van der Waals surface area contributed by atoms with Gasteiger partial charge in [-0.3, -0.25) is 9.36 Å². The average Bonchev–Trinajstić information content (AvgIpc) is 3.59. The molecule has 3 unspecified atom stereocenters. The van der Waals surface area contributed by atoms with Crippen LogP contribution in [0.25, 0.3) is 0 Å². The van der Waals surface area contributed by atoms with E-state index < -0.39 is 20.0 Å². The Bertz CT molecular complexity index is 1860. The van der Waals surface area contributed by atoms with Crippen LogP contribution in [0, 0.1) is 0 Å². The third-order valence-electron chi connectivity index (χ3n) is 17.2. The van der Waals surface area contributed by atoms with Crippen LogP contribution in [0.4, 0.5) is 0 Å². The van der Waals surface area contributed by atoms with Crippen LogP contribution in [0.2, 0.25) is 0 Å². The second-order valence-corrected chi connectivity index (χ2v) is 28.7. The van der Waals surface area contributed by atoms with E-state index in [-0.39, 0.29) is 19.1 Å². The summed E-state index contributed by atoms with van der Waals surface area (Å²) >= 11 is 0. The molecule has 0 fully saturated rings. The molecule has 2 N–H and O–H groups in total. The molecule has 0 radical (unpaired) electrons. The molecule has 8 nitrogen and oxygen atoms in total. The molecule has 0 spiro atoms. The van der Waals surface area contributed by atoms with Crippen LogP contribution in [0.5, 0.6) is 0 Å². The van der Waals surface area contributed by atoms with E-state index in [0.717, 1.165) is 89.9 Å². The van der Waals surface area contributed by atoms with Crippen molar-refractivity contribution in [2.24, 2.45) is 0 Å². The highest BCUT2D eigenvalue weighted by Crippen LogP contribution is 2.38. The zero-order valence-electron chi connectivity index (χ0n) is 60.5. The van der Waals surface area contributed by atoms with E-state index in [9.17, 15) is 19.4 Å². The Labute approximate surface area is 565 Å². The Morgan fingerprint density at radius 3 is 0.978 bits per heavy atom. The fraction of sp³-hybridized carbons (Fsp3) is 0.768. The van der Waals surface area contributed by atoms with Gasteiger partial charge < -0.3 is 28.8 Å². The minimum absolute atomic E-state index is 0.00297. The number of hydrogen-bond donors (Lipinski definition) is 2.